The van der Waals surface area contributed by atoms with Crippen molar-refractivity contribution in [2.45, 2.75) is 25.9 Å². The molecule has 3 heteroatoms. The summed E-state index contributed by atoms with van der Waals surface area (Å²) in [7, 11) is 0. The monoisotopic (exact) mass is 209 g/mol. The van der Waals surface area contributed by atoms with Gasteiger partial charge in [0, 0.05) is 19.0 Å². The van der Waals surface area contributed by atoms with E-state index in [9.17, 15) is 0 Å². The van der Waals surface area contributed by atoms with Crippen molar-refractivity contribution in [3.8, 4) is 0 Å². The Morgan fingerprint density at radius 3 is 2.40 bits per heavy atom. The second kappa shape index (κ2) is 9.37. The molecule has 15 heavy (non-hydrogen) atoms. The molecule has 1 rings (SSSR count). The highest BCUT2D eigenvalue weighted by molar-refractivity contribution is 5.12. The lowest BCUT2D eigenvalue weighted by Crippen LogP contribution is -2.00. The molecule has 0 amide bonds. The number of nitrogens with zero attached hydrogens (tertiary/aromatic N) is 1. The Hall–Kier alpha value is -1.19. The number of rotatable bonds is 4. The third kappa shape index (κ3) is 9.12. The van der Waals surface area contributed by atoms with Crippen LogP contribution in [0.15, 0.2) is 37.2 Å². The first-order chi connectivity index (χ1) is 7.20. The minimum atomic E-state index is -0.352. The van der Waals surface area contributed by atoms with Crippen molar-refractivity contribution >= 4 is 0 Å². The number of aromatic nitrogens is 1. The summed E-state index contributed by atoms with van der Waals surface area (Å²) in [6.45, 7) is 5.37. The number of aliphatic hydroxyl groups excluding tert-OH is 2. The molecule has 0 saturated carbocycles. The second-order valence-electron chi connectivity index (χ2n) is 3.21. The SMILES string of the molecule is C=CCc1ccncc1.CC(O)CCO. The van der Waals surface area contributed by atoms with E-state index in [1.165, 1.54) is 5.56 Å². The van der Waals surface area contributed by atoms with Crippen molar-refractivity contribution in [3.63, 3.8) is 0 Å². The molecule has 0 spiro atoms. The van der Waals surface area contributed by atoms with Crippen LogP contribution in [0, 0.1) is 0 Å². The zero-order valence-corrected chi connectivity index (χ0v) is 9.13. The van der Waals surface area contributed by atoms with Crippen LogP contribution < -0.4 is 0 Å². The lowest BCUT2D eigenvalue weighted by Gasteiger charge is -1.95. The van der Waals surface area contributed by atoms with Crippen molar-refractivity contribution < 1.29 is 10.2 Å². The molecule has 84 valence electrons. The zero-order valence-electron chi connectivity index (χ0n) is 9.13. The van der Waals surface area contributed by atoms with E-state index in [2.05, 4.69) is 11.6 Å². The van der Waals surface area contributed by atoms with Gasteiger partial charge in [-0.3, -0.25) is 4.98 Å². The lowest BCUT2D eigenvalue weighted by molar-refractivity contribution is 0.148. The predicted octanol–water partition coefficient (Wildman–Crippen LogP) is 1.56. The Balaban J connectivity index is 0.000000288. The Morgan fingerprint density at radius 1 is 1.47 bits per heavy atom. The fraction of sp³-hybridized carbons (Fsp3) is 0.417. The van der Waals surface area contributed by atoms with Gasteiger partial charge >= 0.3 is 0 Å². The van der Waals surface area contributed by atoms with E-state index in [0.29, 0.717) is 6.42 Å². The van der Waals surface area contributed by atoms with Gasteiger partial charge in [-0.05, 0) is 37.5 Å². The maximum absolute atomic E-state index is 8.39. The Morgan fingerprint density at radius 2 is 2.07 bits per heavy atom. The van der Waals surface area contributed by atoms with Crippen LogP contribution in [0.1, 0.15) is 18.9 Å². The Labute approximate surface area is 91.1 Å². The molecule has 1 aromatic rings. The highest BCUT2D eigenvalue weighted by Crippen LogP contribution is 1.96. The van der Waals surface area contributed by atoms with Crippen molar-refractivity contribution in [2.75, 3.05) is 6.61 Å². The van der Waals surface area contributed by atoms with Crippen LogP contribution in [0.3, 0.4) is 0 Å². The summed E-state index contributed by atoms with van der Waals surface area (Å²) in [6.07, 6.45) is 6.53. The maximum atomic E-state index is 8.39. The average Bonchev–Trinajstić information content (AvgIpc) is 2.20. The summed E-state index contributed by atoms with van der Waals surface area (Å²) < 4.78 is 0. The van der Waals surface area contributed by atoms with Gasteiger partial charge in [0.2, 0.25) is 0 Å². The van der Waals surface area contributed by atoms with Crippen LogP contribution >= 0.6 is 0 Å². The largest absolute Gasteiger partial charge is 0.396 e. The van der Waals surface area contributed by atoms with Gasteiger partial charge in [-0.1, -0.05) is 6.08 Å². The van der Waals surface area contributed by atoms with Gasteiger partial charge in [-0.25, -0.2) is 0 Å². The molecule has 3 nitrogen and oxygen atoms in total. The van der Waals surface area contributed by atoms with E-state index in [1.807, 2.05) is 18.2 Å². The van der Waals surface area contributed by atoms with E-state index in [0.717, 1.165) is 6.42 Å². The normalized spacial score (nSPS) is 11.1. The smallest absolute Gasteiger partial charge is 0.0533 e. The molecule has 0 saturated heterocycles. The number of allylic oxidation sites excluding steroid dienone is 1. The van der Waals surface area contributed by atoms with Gasteiger partial charge in [0.15, 0.2) is 0 Å². The molecule has 0 fully saturated rings. The molecular weight excluding hydrogens is 190 g/mol. The number of hydrogen-bond acceptors (Lipinski definition) is 3. The van der Waals surface area contributed by atoms with E-state index in [-0.39, 0.29) is 12.7 Å². The number of hydrogen-bond donors (Lipinski definition) is 2. The highest BCUT2D eigenvalue weighted by atomic mass is 16.3. The van der Waals surface area contributed by atoms with Gasteiger partial charge < -0.3 is 10.2 Å². The van der Waals surface area contributed by atoms with Crippen molar-refractivity contribution in [1.82, 2.24) is 4.98 Å². The Bertz CT molecular complexity index is 247. The van der Waals surface area contributed by atoms with Gasteiger partial charge in [0.05, 0.1) is 6.10 Å². The van der Waals surface area contributed by atoms with Gasteiger partial charge in [0.25, 0.3) is 0 Å². The minimum absolute atomic E-state index is 0.0810. The first kappa shape index (κ1) is 13.8. The van der Waals surface area contributed by atoms with Crippen LogP contribution in [-0.4, -0.2) is 27.9 Å². The third-order valence-electron chi connectivity index (χ3n) is 1.68. The van der Waals surface area contributed by atoms with Crippen molar-refractivity contribution in [3.05, 3.63) is 42.7 Å². The molecule has 2 N–H and O–H groups in total. The summed E-state index contributed by atoms with van der Waals surface area (Å²) >= 11 is 0. The van der Waals surface area contributed by atoms with E-state index >= 15 is 0 Å². The molecule has 0 radical (unpaired) electrons. The van der Waals surface area contributed by atoms with E-state index < -0.39 is 0 Å². The molecule has 0 bridgehead atoms. The summed E-state index contributed by atoms with van der Waals surface area (Å²) in [4.78, 5) is 3.89. The van der Waals surface area contributed by atoms with Crippen LogP contribution in [0.25, 0.3) is 0 Å². The van der Waals surface area contributed by atoms with Crippen molar-refractivity contribution in [1.29, 1.82) is 0 Å². The topological polar surface area (TPSA) is 53.4 Å². The van der Waals surface area contributed by atoms with Crippen LogP contribution in [0.2, 0.25) is 0 Å². The second-order valence-corrected chi connectivity index (χ2v) is 3.21. The van der Waals surface area contributed by atoms with Gasteiger partial charge in [-0.2, -0.15) is 0 Å². The molecular formula is C12H19NO2. The molecule has 1 atom stereocenters. The molecule has 0 aromatic carbocycles. The fourth-order valence-electron chi connectivity index (χ4n) is 0.872. The van der Waals surface area contributed by atoms with Gasteiger partial charge in [-0.15, -0.1) is 6.58 Å². The quantitative estimate of drug-likeness (QED) is 0.740. The first-order valence-corrected chi connectivity index (χ1v) is 4.99. The fourth-order valence-corrected chi connectivity index (χ4v) is 0.872. The lowest BCUT2D eigenvalue weighted by atomic mass is 10.2. The molecule has 0 aliphatic carbocycles. The summed E-state index contributed by atoms with van der Waals surface area (Å²) in [5, 5.41) is 16.5. The zero-order chi connectivity index (χ0) is 11.5. The average molecular weight is 209 g/mol. The molecule has 1 aromatic heterocycles. The Kier molecular flexibility index (Phi) is 8.63. The van der Waals surface area contributed by atoms with Crippen LogP contribution in [0.5, 0.6) is 0 Å². The minimum Gasteiger partial charge on any atom is -0.396 e. The highest BCUT2D eigenvalue weighted by Gasteiger charge is 1.88. The first-order valence-electron chi connectivity index (χ1n) is 4.99. The third-order valence-corrected chi connectivity index (χ3v) is 1.68. The van der Waals surface area contributed by atoms with Crippen molar-refractivity contribution in [2.24, 2.45) is 0 Å². The summed E-state index contributed by atoms with van der Waals surface area (Å²) in [5.74, 6) is 0. The van der Waals surface area contributed by atoms with Crippen LogP contribution in [0.4, 0.5) is 0 Å². The predicted molar refractivity (Wildman–Crippen MR) is 61.5 cm³/mol. The molecule has 0 aliphatic heterocycles. The van der Waals surface area contributed by atoms with E-state index in [1.54, 1.807) is 19.3 Å². The van der Waals surface area contributed by atoms with Crippen LogP contribution in [-0.2, 0) is 6.42 Å². The standard InChI is InChI=1S/C8H9N.C4H10O2/c1-2-3-8-4-6-9-7-5-8;1-4(6)2-3-5/h2,4-7H,1,3H2;4-6H,2-3H2,1H3. The molecule has 0 aliphatic rings. The molecule has 1 heterocycles. The van der Waals surface area contributed by atoms with Gasteiger partial charge in [0.1, 0.15) is 0 Å². The summed E-state index contributed by atoms with van der Waals surface area (Å²) in [6, 6.07) is 3.98. The maximum Gasteiger partial charge on any atom is 0.0533 e. The number of aliphatic hydroxyl groups is 2. The summed E-state index contributed by atoms with van der Waals surface area (Å²) in [5.41, 5.74) is 1.26. The number of pyridine rings is 1. The molecule has 1 unspecified atom stereocenters. The van der Waals surface area contributed by atoms with E-state index in [4.69, 9.17) is 10.2 Å².